The molecule has 0 aliphatic carbocycles. The second-order valence-corrected chi connectivity index (χ2v) is 5.40. The monoisotopic (exact) mass is 251 g/mol. The maximum atomic E-state index is 5.37. The molecular formula is C14H25N3O. The third kappa shape index (κ3) is 4.63. The molecule has 0 amide bonds. The lowest BCUT2D eigenvalue weighted by Crippen LogP contribution is -2.40. The minimum Gasteiger partial charge on any atom is -0.360 e. The second kappa shape index (κ2) is 6.71. The lowest BCUT2D eigenvalue weighted by atomic mass is 10.1. The van der Waals surface area contributed by atoms with Crippen molar-refractivity contribution >= 4 is 0 Å². The minimum absolute atomic E-state index is 0.0861. The van der Waals surface area contributed by atoms with Crippen molar-refractivity contribution in [3.63, 3.8) is 0 Å². The van der Waals surface area contributed by atoms with Crippen molar-refractivity contribution in [3.8, 4) is 0 Å². The highest BCUT2D eigenvalue weighted by Gasteiger charge is 2.21. The van der Waals surface area contributed by atoms with Crippen LogP contribution in [0, 0.1) is 0 Å². The van der Waals surface area contributed by atoms with E-state index in [1.807, 2.05) is 12.1 Å². The summed E-state index contributed by atoms with van der Waals surface area (Å²) in [6.07, 6.45) is 1.92. The Morgan fingerprint density at radius 1 is 1.50 bits per heavy atom. The van der Waals surface area contributed by atoms with Crippen LogP contribution in [0.4, 0.5) is 0 Å². The molecule has 0 fully saturated rings. The topological polar surface area (TPSA) is 41.3 Å². The molecule has 0 aromatic carbocycles. The zero-order chi connectivity index (χ0) is 13.6. The highest BCUT2D eigenvalue weighted by atomic mass is 16.5. The van der Waals surface area contributed by atoms with Crippen molar-refractivity contribution in [2.75, 3.05) is 13.1 Å². The predicted molar refractivity (Wildman–Crippen MR) is 74.2 cm³/mol. The van der Waals surface area contributed by atoms with Gasteiger partial charge >= 0.3 is 0 Å². The van der Waals surface area contributed by atoms with Gasteiger partial charge in [-0.15, -0.1) is 6.58 Å². The normalized spacial score (nSPS) is 12.1. The molecule has 0 unspecified atom stereocenters. The molecule has 1 aromatic rings. The summed E-state index contributed by atoms with van der Waals surface area (Å²) in [6, 6.07) is 2.02. The first-order valence-corrected chi connectivity index (χ1v) is 6.48. The summed E-state index contributed by atoms with van der Waals surface area (Å²) >= 11 is 0. The summed E-state index contributed by atoms with van der Waals surface area (Å²) in [5.74, 6) is 0.902. The molecule has 0 saturated carbocycles. The highest BCUT2D eigenvalue weighted by molar-refractivity contribution is 5.06. The van der Waals surface area contributed by atoms with Gasteiger partial charge in [0.1, 0.15) is 0 Å². The van der Waals surface area contributed by atoms with E-state index in [-0.39, 0.29) is 5.54 Å². The van der Waals surface area contributed by atoms with Crippen molar-refractivity contribution < 1.29 is 4.52 Å². The number of aromatic nitrogens is 1. The van der Waals surface area contributed by atoms with E-state index in [0.29, 0.717) is 0 Å². The van der Waals surface area contributed by atoms with Gasteiger partial charge in [-0.25, -0.2) is 0 Å². The van der Waals surface area contributed by atoms with Crippen molar-refractivity contribution in [2.45, 2.75) is 46.3 Å². The van der Waals surface area contributed by atoms with Gasteiger partial charge in [-0.2, -0.15) is 0 Å². The van der Waals surface area contributed by atoms with Gasteiger partial charge in [-0.1, -0.05) is 18.2 Å². The quantitative estimate of drug-likeness (QED) is 0.756. The van der Waals surface area contributed by atoms with Crippen LogP contribution in [0.1, 0.15) is 39.1 Å². The van der Waals surface area contributed by atoms with Gasteiger partial charge in [-0.3, -0.25) is 4.90 Å². The van der Waals surface area contributed by atoms with E-state index in [1.165, 1.54) is 0 Å². The van der Waals surface area contributed by atoms with E-state index in [1.54, 1.807) is 0 Å². The molecule has 1 aromatic heterocycles. The fraction of sp³-hybridized carbons (Fsp3) is 0.643. The average molecular weight is 251 g/mol. The molecule has 18 heavy (non-hydrogen) atoms. The fourth-order valence-corrected chi connectivity index (χ4v) is 1.69. The molecule has 0 atom stereocenters. The number of hydrogen-bond acceptors (Lipinski definition) is 4. The molecule has 0 spiro atoms. The van der Waals surface area contributed by atoms with Crippen LogP contribution in [-0.2, 0) is 13.1 Å². The standard InChI is InChI=1S/C14H25N3O/c1-6-8-17(14(3,4)5)11-13-9-12(16-18-13)10-15-7-2/h6,9,15H,1,7-8,10-11H2,2-5H3. The number of nitrogens with zero attached hydrogens (tertiary/aromatic N) is 2. The maximum Gasteiger partial charge on any atom is 0.151 e. The SMILES string of the molecule is C=CCN(Cc1cc(CNCC)no1)C(C)(C)C. The van der Waals surface area contributed by atoms with Crippen molar-refractivity contribution in [2.24, 2.45) is 0 Å². The first-order valence-electron chi connectivity index (χ1n) is 6.48. The van der Waals surface area contributed by atoms with E-state index in [0.717, 1.165) is 37.6 Å². The first kappa shape index (κ1) is 14.9. The molecular weight excluding hydrogens is 226 g/mol. The van der Waals surface area contributed by atoms with Gasteiger partial charge in [0.2, 0.25) is 0 Å². The maximum absolute atomic E-state index is 5.37. The van der Waals surface area contributed by atoms with Crippen LogP contribution < -0.4 is 5.32 Å². The molecule has 4 nitrogen and oxygen atoms in total. The molecule has 1 heterocycles. The Kier molecular flexibility index (Phi) is 5.56. The van der Waals surface area contributed by atoms with Gasteiger partial charge in [0, 0.05) is 24.7 Å². The summed E-state index contributed by atoms with van der Waals surface area (Å²) in [7, 11) is 0. The summed E-state index contributed by atoms with van der Waals surface area (Å²) in [4.78, 5) is 2.30. The zero-order valence-electron chi connectivity index (χ0n) is 12.0. The Labute approximate surface area is 110 Å². The molecule has 1 rings (SSSR count). The van der Waals surface area contributed by atoms with Crippen LogP contribution in [0.5, 0.6) is 0 Å². The lowest BCUT2D eigenvalue weighted by Gasteiger charge is -2.33. The van der Waals surface area contributed by atoms with Crippen molar-refractivity contribution in [3.05, 3.63) is 30.2 Å². The Morgan fingerprint density at radius 2 is 2.22 bits per heavy atom. The minimum atomic E-state index is 0.0861. The largest absolute Gasteiger partial charge is 0.360 e. The van der Waals surface area contributed by atoms with Crippen LogP contribution in [0.3, 0.4) is 0 Å². The third-order valence-corrected chi connectivity index (χ3v) is 2.81. The Balaban J connectivity index is 2.63. The molecule has 102 valence electrons. The van der Waals surface area contributed by atoms with Gasteiger partial charge in [0.05, 0.1) is 12.2 Å². The molecule has 0 radical (unpaired) electrons. The van der Waals surface area contributed by atoms with Crippen LogP contribution in [0.15, 0.2) is 23.2 Å². The molecule has 0 saturated heterocycles. The first-order chi connectivity index (χ1) is 8.47. The summed E-state index contributed by atoms with van der Waals surface area (Å²) in [5, 5.41) is 7.29. The van der Waals surface area contributed by atoms with Gasteiger partial charge in [-0.05, 0) is 27.3 Å². The molecule has 0 bridgehead atoms. The Hall–Kier alpha value is -1.13. The van der Waals surface area contributed by atoms with Crippen LogP contribution in [0.2, 0.25) is 0 Å². The summed E-state index contributed by atoms with van der Waals surface area (Å²) < 4.78 is 5.37. The zero-order valence-corrected chi connectivity index (χ0v) is 12.0. The van der Waals surface area contributed by atoms with Crippen LogP contribution >= 0.6 is 0 Å². The predicted octanol–water partition coefficient (Wildman–Crippen LogP) is 2.57. The molecule has 0 aliphatic heterocycles. The number of rotatable bonds is 7. The number of hydrogen-bond donors (Lipinski definition) is 1. The van der Waals surface area contributed by atoms with E-state index < -0.39 is 0 Å². The Morgan fingerprint density at radius 3 is 2.78 bits per heavy atom. The van der Waals surface area contributed by atoms with Crippen molar-refractivity contribution in [1.29, 1.82) is 0 Å². The smallest absolute Gasteiger partial charge is 0.151 e. The molecule has 1 N–H and O–H groups in total. The molecule has 0 aliphatic rings. The van der Waals surface area contributed by atoms with E-state index >= 15 is 0 Å². The lowest BCUT2D eigenvalue weighted by molar-refractivity contribution is 0.130. The van der Waals surface area contributed by atoms with E-state index in [9.17, 15) is 0 Å². The summed E-state index contributed by atoms with van der Waals surface area (Å²) in [6.45, 7) is 15.7. The fourth-order valence-electron chi connectivity index (χ4n) is 1.69. The average Bonchev–Trinajstić information content (AvgIpc) is 2.72. The van der Waals surface area contributed by atoms with E-state index in [4.69, 9.17) is 4.52 Å². The van der Waals surface area contributed by atoms with Crippen LogP contribution in [0.25, 0.3) is 0 Å². The molecule has 4 heteroatoms. The van der Waals surface area contributed by atoms with Crippen molar-refractivity contribution in [1.82, 2.24) is 15.4 Å². The second-order valence-electron chi connectivity index (χ2n) is 5.40. The highest BCUT2D eigenvalue weighted by Crippen LogP contribution is 2.17. The van der Waals surface area contributed by atoms with Gasteiger partial charge in [0.25, 0.3) is 0 Å². The van der Waals surface area contributed by atoms with Crippen LogP contribution in [-0.4, -0.2) is 28.7 Å². The Bertz CT molecular complexity index is 365. The van der Waals surface area contributed by atoms with E-state index in [2.05, 4.69) is 49.6 Å². The third-order valence-electron chi connectivity index (χ3n) is 2.81. The van der Waals surface area contributed by atoms with Gasteiger partial charge in [0.15, 0.2) is 5.76 Å². The number of nitrogens with one attached hydrogen (secondary N) is 1. The summed E-state index contributed by atoms with van der Waals surface area (Å²) in [5.41, 5.74) is 1.04. The van der Waals surface area contributed by atoms with Gasteiger partial charge < -0.3 is 9.84 Å².